The van der Waals surface area contributed by atoms with Gasteiger partial charge in [0.2, 0.25) is 0 Å². The molecule has 0 aliphatic carbocycles. The van der Waals surface area contributed by atoms with Crippen molar-refractivity contribution in [1.29, 1.82) is 0 Å². The van der Waals surface area contributed by atoms with E-state index in [0.717, 1.165) is 24.7 Å². The van der Waals surface area contributed by atoms with Gasteiger partial charge >= 0.3 is 21.1 Å². The molecule has 0 saturated carbocycles. The molecule has 0 aliphatic rings. The first-order chi connectivity index (χ1) is 6.54. The van der Waals surface area contributed by atoms with Gasteiger partial charge in [0.1, 0.15) is 0 Å². The zero-order valence-corrected chi connectivity index (χ0v) is 15.0. The predicted octanol–water partition coefficient (Wildman–Crippen LogP) is 2.21. The van der Waals surface area contributed by atoms with Gasteiger partial charge in [0, 0.05) is 0 Å². The largest absolute Gasteiger partial charge is 3.00 e. The van der Waals surface area contributed by atoms with E-state index in [9.17, 15) is 9.79 Å². The second-order valence-corrected chi connectivity index (χ2v) is 8.28. The smallest absolute Gasteiger partial charge is 0.850 e. The monoisotopic (exact) mass is 367 g/mol. The summed E-state index contributed by atoms with van der Waals surface area (Å²) in [7, 11) is 0. The predicted molar refractivity (Wildman–Crippen MR) is 71.3 cm³/mol. The minimum Gasteiger partial charge on any atom is -0.850 e. The third kappa shape index (κ3) is 106. The van der Waals surface area contributed by atoms with Gasteiger partial charge in [-0.2, -0.15) is 24.6 Å². The SMILES string of the molecule is [CH2-]CC(C)C.[CH2-]CC(C)C.[Mo+3].[O-]P([O-])(=S)[S-]. The Hall–Kier alpha value is 1.61. The van der Waals surface area contributed by atoms with Crippen molar-refractivity contribution in [2.75, 3.05) is 0 Å². The molecule has 0 fully saturated rings. The quantitative estimate of drug-likeness (QED) is 0.326. The standard InChI is InChI=1S/2C5H11.Mo.H3O2PS2/c2*1-4-5(2)3;;1-3(2,4)5/h2*5H,1,4H2,2-3H3;;(H3,1,2,4,5)/q2*-1;+3;/p-3. The summed E-state index contributed by atoms with van der Waals surface area (Å²) in [6.07, 6.45) is 2.11. The van der Waals surface area contributed by atoms with Crippen LogP contribution in [0, 0.1) is 25.7 Å². The molecule has 16 heavy (non-hydrogen) atoms. The molecule has 0 aliphatic heterocycles. The Morgan fingerprint density at radius 3 is 1.12 bits per heavy atom. The van der Waals surface area contributed by atoms with Crippen LogP contribution in [-0.4, -0.2) is 0 Å². The van der Waals surface area contributed by atoms with Crippen molar-refractivity contribution in [3.63, 3.8) is 0 Å². The molecule has 0 amide bonds. The Labute approximate surface area is 126 Å². The number of rotatable bonds is 2. The van der Waals surface area contributed by atoms with Crippen molar-refractivity contribution in [2.45, 2.75) is 40.5 Å². The van der Waals surface area contributed by atoms with Gasteiger partial charge < -0.3 is 41.6 Å². The molecule has 0 atom stereocenters. The van der Waals surface area contributed by atoms with Gasteiger partial charge in [0.15, 0.2) is 0 Å². The third-order valence-corrected chi connectivity index (χ3v) is 1.15. The molecule has 0 N–H and O–H groups in total. The Kier molecular flexibility index (Phi) is 27.2. The Bertz CT molecular complexity index is 145. The van der Waals surface area contributed by atoms with Crippen LogP contribution in [0.3, 0.4) is 0 Å². The average molecular weight is 365 g/mol. The molecule has 0 saturated heterocycles. The molecule has 0 aromatic rings. The van der Waals surface area contributed by atoms with E-state index in [1.165, 1.54) is 0 Å². The molecule has 0 heterocycles. The molecule has 2 nitrogen and oxygen atoms in total. The minimum atomic E-state index is -3.72. The Morgan fingerprint density at radius 1 is 1.06 bits per heavy atom. The van der Waals surface area contributed by atoms with Crippen LogP contribution in [0.1, 0.15) is 40.5 Å². The van der Waals surface area contributed by atoms with E-state index in [4.69, 9.17) is 0 Å². The fraction of sp³-hybridized carbons (Fsp3) is 0.800. The molecule has 0 unspecified atom stereocenters. The van der Waals surface area contributed by atoms with Crippen molar-refractivity contribution in [3.05, 3.63) is 13.8 Å². The maximum Gasteiger partial charge on any atom is 3.00 e. The van der Waals surface area contributed by atoms with Crippen LogP contribution in [0.5, 0.6) is 0 Å². The van der Waals surface area contributed by atoms with Crippen molar-refractivity contribution in [2.24, 2.45) is 11.8 Å². The topological polar surface area (TPSA) is 46.1 Å². The van der Waals surface area contributed by atoms with Crippen LogP contribution in [0.4, 0.5) is 0 Å². The molecule has 99 valence electrons. The van der Waals surface area contributed by atoms with Gasteiger partial charge in [0.05, 0.1) is 0 Å². The molecular formula is C10H22MoO2PS2-2. The molecular weight excluding hydrogens is 343 g/mol. The van der Waals surface area contributed by atoms with Crippen LogP contribution in [0.15, 0.2) is 0 Å². The fourth-order valence-electron chi connectivity index (χ4n) is 0. The summed E-state index contributed by atoms with van der Waals surface area (Å²) >= 11 is 7.28. The van der Waals surface area contributed by atoms with Crippen LogP contribution < -0.4 is 9.79 Å². The van der Waals surface area contributed by atoms with Gasteiger partial charge in [-0.1, -0.05) is 39.5 Å². The summed E-state index contributed by atoms with van der Waals surface area (Å²) in [4.78, 5) is 18.6. The van der Waals surface area contributed by atoms with Crippen molar-refractivity contribution in [1.82, 2.24) is 0 Å². The number of hydrogen-bond acceptors (Lipinski definition) is 4. The van der Waals surface area contributed by atoms with Gasteiger partial charge in [-0.05, 0) is 0 Å². The van der Waals surface area contributed by atoms with E-state index in [0.29, 0.717) is 0 Å². The molecule has 0 bridgehead atoms. The molecule has 0 aromatic carbocycles. The van der Waals surface area contributed by atoms with Crippen LogP contribution in [-0.2, 0) is 45.1 Å². The summed E-state index contributed by atoms with van der Waals surface area (Å²) in [5.41, 5.74) is -3.72. The zero-order valence-electron chi connectivity index (χ0n) is 10.5. The summed E-state index contributed by atoms with van der Waals surface area (Å²) in [6.45, 7) is 16.0. The molecule has 0 spiro atoms. The summed E-state index contributed by atoms with van der Waals surface area (Å²) < 4.78 is 0. The first kappa shape index (κ1) is 26.2. The Balaban J connectivity index is -0.0000000655. The van der Waals surface area contributed by atoms with Crippen molar-refractivity contribution < 1.29 is 30.9 Å². The molecule has 0 rings (SSSR count). The van der Waals surface area contributed by atoms with E-state index < -0.39 is 5.69 Å². The van der Waals surface area contributed by atoms with E-state index >= 15 is 0 Å². The summed E-state index contributed by atoms with van der Waals surface area (Å²) in [5, 5.41) is 0. The van der Waals surface area contributed by atoms with E-state index in [1.807, 2.05) is 0 Å². The van der Waals surface area contributed by atoms with Crippen molar-refractivity contribution in [3.8, 4) is 0 Å². The second-order valence-electron chi connectivity index (χ2n) is 3.81. The second kappa shape index (κ2) is 16.6. The van der Waals surface area contributed by atoms with Crippen LogP contribution in [0.25, 0.3) is 0 Å². The van der Waals surface area contributed by atoms with E-state index in [-0.39, 0.29) is 21.1 Å². The van der Waals surface area contributed by atoms with Gasteiger partial charge in [-0.25, -0.2) is 0 Å². The van der Waals surface area contributed by atoms with Gasteiger partial charge in [-0.15, -0.1) is 0 Å². The molecule has 6 heteroatoms. The van der Waals surface area contributed by atoms with Gasteiger partial charge in [-0.3, -0.25) is 0 Å². The maximum absolute atomic E-state index is 9.29. The van der Waals surface area contributed by atoms with Crippen LogP contribution >= 0.6 is 5.69 Å². The summed E-state index contributed by atoms with van der Waals surface area (Å²) in [5.74, 6) is 1.55. The fourth-order valence-corrected chi connectivity index (χ4v) is 0. The molecule has 0 aromatic heterocycles. The average Bonchev–Trinajstić information content (AvgIpc) is 2.02. The molecule has 1 radical (unpaired) electrons. The van der Waals surface area contributed by atoms with Crippen molar-refractivity contribution >= 4 is 29.7 Å². The van der Waals surface area contributed by atoms with E-state index in [1.54, 1.807) is 0 Å². The number of hydrogen-bond donors (Lipinski definition) is 0. The Morgan fingerprint density at radius 2 is 1.12 bits per heavy atom. The first-order valence-electron chi connectivity index (χ1n) is 4.86. The first-order valence-corrected chi connectivity index (χ1v) is 8.51. The normalized spacial score (nSPS) is 9.69. The third-order valence-electron chi connectivity index (χ3n) is 1.15. The van der Waals surface area contributed by atoms with Crippen LogP contribution in [0.2, 0.25) is 0 Å². The summed E-state index contributed by atoms with van der Waals surface area (Å²) in [6, 6.07) is 0. The maximum atomic E-state index is 9.29. The van der Waals surface area contributed by atoms with E-state index in [2.05, 4.69) is 65.6 Å². The minimum absolute atomic E-state index is 0. The van der Waals surface area contributed by atoms with Gasteiger partial charge in [0.25, 0.3) is 0 Å². The zero-order chi connectivity index (χ0) is 13.1.